The molecule has 1 aromatic carbocycles. The predicted molar refractivity (Wildman–Crippen MR) is 71.0 cm³/mol. The number of nitrogens with zero attached hydrogens (tertiary/aromatic N) is 4. The molecular formula is C13H9N5O2. The number of imidazole rings is 1. The van der Waals surface area contributed by atoms with E-state index in [1.54, 1.807) is 23.0 Å². The lowest BCUT2D eigenvalue weighted by atomic mass is 10.1. The van der Waals surface area contributed by atoms with Crippen molar-refractivity contribution >= 4 is 28.3 Å². The summed E-state index contributed by atoms with van der Waals surface area (Å²) >= 11 is 0. The second-order valence-corrected chi connectivity index (χ2v) is 4.14. The van der Waals surface area contributed by atoms with Crippen LogP contribution in [0.15, 0.2) is 24.7 Å². The Kier molecular flexibility index (Phi) is 2.51. The second kappa shape index (κ2) is 4.20. The first-order valence-corrected chi connectivity index (χ1v) is 5.69. The number of esters is 1. The Morgan fingerprint density at radius 3 is 2.95 bits per heavy atom. The van der Waals surface area contributed by atoms with Crippen LogP contribution in [0.2, 0.25) is 0 Å². The minimum atomic E-state index is -0.575. The van der Waals surface area contributed by atoms with Gasteiger partial charge in [0.15, 0.2) is 0 Å². The Morgan fingerprint density at radius 1 is 1.45 bits per heavy atom. The lowest BCUT2D eigenvalue weighted by molar-refractivity contribution is 0.0600. The molecule has 7 heteroatoms. The molecule has 0 aliphatic carbocycles. The van der Waals surface area contributed by atoms with Gasteiger partial charge in [-0.1, -0.05) is 0 Å². The molecule has 98 valence electrons. The van der Waals surface area contributed by atoms with Gasteiger partial charge in [-0.15, -0.1) is 0 Å². The number of nitrogen functional groups attached to an aromatic ring is 1. The fourth-order valence-electron chi connectivity index (χ4n) is 2.09. The highest BCUT2D eigenvalue weighted by Gasteiger charge is 2.16. The van der Waals surface area contributed by atoms with Crippen molar-refractivity contribution in [3.05, 3.63) is 35.8 Å². The molecule has 0 saturated heterocycles. The number of carbonyl (C=O) groups is 1. The zero-order valence-corrected chi connectivity index (χ0v) is 10.5. The molecule has 0 radical (unpaired) electrons. The summed E-state index contributed by atoms with van der Waals surface area (Å²) in [6.45, 7) is 0. The summed E-state index contributed by atoms with van der Waals surface area (Å²) in [7, 11) is 1.27. The molecule has 0 bridgehead atoms. The number of hydrogen-bond acceptors (Lipinski definition) is 6. The number of ether oxygens (including phenoxy) is 1. The molecule has 0 unspecified atom stereocenters. The van der Waals surface area contributed by atoms with Crippen LogP contribution in [-0.4, -0.2) is 27.4 Å². The fraction of sp³-hybridized carbons (Fsp3) is 0.0769. The molecule has 7 nitrogen and oxygen atoms in total. The van der Waals surface area contributed by atoms with Crippen LogP contribution < -0.4 is 5.73 Å². The molecule has 0 aliphatic heterocycles. The number of methoxy groups -OCH3 is 1. The number of nitrogens with two attached hydrogens (primary N) is 1. The van der Waals surface area contributed by atoms with Crippen molar-refractivity contribution in [3.63, 3.8) is 0 Å². The molecule has 2 heterocycles. The highest BCUT2D eigenvalue weighted by molar-refractivity contribution is 5.97. The molecule has 20 heavy (non-hydrogen) atoms. The van der Waals surface area contributed by atoms with Crippen LogP contribution in [0.4, 0.5) is 5.82 Å². The minimum absolute atomic E-state index is 0.184. The van der Waals surface area contributed by atoms with Gasteiger partial charge in [0.1, 0.15) is 17.4 Å². The van der Waals surface area contributed by atoms with Gasteiger partial charge >= 0.3 is 5.97 Å². The van der Waals surface area contributed by atoms with Crippen molar-refractivity contribution in [2.45, 2.75) is 0 Å². The number of benzene rings is 1. The highest BCUT2D eigenvalue weighted by Crippen LogP contribution is 2.23. The number of hydrogen-bond donors (Lipinski definition) is 1. The smallest absolute Gasteiger partial charge is 0.339 e. The number of rotatable bonds is 1. The predicted octanol–water partition coefficient (Wildman–Crippen LogP) is 1.12. The summed E-state index contributed by atoms with van der Waals surface area (Å²) in [6, 6.07) is 5.03. The van der Waals surface area contributed by atoms with E-state index < -0.39 is 5.97 Å². The first-order valence-electron chi connectivity index (χ1n) is 5.69. The fourth-order valence-corrected chi connectivity index (χ4v) is 2.09. The van der Waals surface area contributed by atoms with Gasteiger partial charge in [-0.3, -0.25) is 4.40 Å². The molecular weight excluding hydrogens is 258 g/mol. The third-order valence-electron chi connectivity index (χ3n) is 3.04. The average Bonchev–Trinajstić information content (AvgIpc) is 2.95. The van der Waals surface area contributed by atoms with Crippen LogP contribution in [0.1, 0.15) is 15.9 Å². The largest absolute Gasteiger partial charge is 0.465 e. The maximum atomic E-state index is 11.7. The van der Waals surface area contributed by atoms with Crippen LogP contribution in [0.3, 0.4) is 0 Å². The number of fused-ring (bicyclic) bond motifs is 3. The van der Waals surface area contributed by atoms with Crippen molar-refractivity contribution < 1.29 is 9.53 Å². The normalized spacial score (nSPS) is 10.6. The molecule has 2 N–H and O–H groups in total. The van der Waals surface area contributed by atoms with Gasteiger partial charge in [-0.2, -0.15) is 5.26 Å². The molecule has 3 rings (SSSR count). The van der Waals surface area contributed by atoms with E-state index in [1.807, 2.05) is 6.07 Å². The number of nitriles is 1. The van der Waals surface area contributed by atoms with E-state index in [2.05, 4.69) is 14.7 Å². The summed E-state index contributed by atoms with van der Waals surface area (Å²) in [6.07, 6.45) is 3.15. The Labute approximate surface area is 113 Å². The summed E-state index contributed by atoms with van der Waals surface area (Å²) in [5.41, 5.74) is 7.99. The van der Waals surface area contributed by atoms with E-state index in [0.29, 0.717) is 22.4 Å². The van der Waals surface area contributed by atoms with Gasteiger partial charge in [0.2, 0.25) is 0 Å². The lowest BCUT2D eigenvalue weighted by Crippen LogP contribution is -2.06. The van der Waals surface area contributed by atoms with Gasteiger partial charge in [-0.05, 0) is 12.1 Å². The quantitative estimate of drug-likeness (QED) is 0.662. The third kappa shape index (κ3) is 1.55. The Balaban J connectivity index is 2.46. The summed E-state index contributed by atoms with van der Waals surface area (Å²) in [4.78, 5) is 20.0. The van der Waals surface area contributed by atoms with Crippen molar-refractivity contribution in [3.8, 4) is 6.07 Å². The van der Waals surface area contributed by atoms with E-state index >= 15 is 0 Å². The van der Waals surface area contributed by atoms with E-state index in [4.69, 9.17) is 11.0 Å². The van der Waals surface area contributed by atoms with E-state index in [-0.39, 0.29) is 11.1 Å². The van der Waals surface area contributed by atoms with Crippen molar-refractivity contribution in [2.24, 2.45) is 0 Å². The first-order chi connectivity index (χ1) is 9.65. The average molecular weight is 267 g/mol. The van der Waals surface area contributed by atoms with E-state index in [1.165, 1.54) is 13.2 Å². The molecule has 2 aromatic heterocycles. The Bertz CT molecular complexity index is 891. The van der Waals surface area contributed by atoms with Crippen molar-refractivity contribution in [1.29, 1.82) is 5.26 Å². The topological polar surface area (TPSA) is 106 Å². The van der Waals surface area contributed by atoms with Crippen LogP contribution in [-0.2, 0) is 4.74 Å². The van der Waals surface area contributed by atoms with Crippen LogP contribution in [0, 0.1) is 11.3 Å². The number of aromatic nitrogens is 3. The zero-order valence-electron chi connectivity index (χ0n) is 10.5. The maximum absolute atomic E-state index is 11.7. The molecule has 0 aliphatic rings. The lowest BCUT2D eigenvalue weighted by Gasteiger charge is -2.07. The van der Waals surface area contributed by atoms with Gasteiger partial charge in [-0.25, -0.2) is 14.8 Å². The third-order valence-corrected chi connectivity index (χ3v) is 3.04. The molecule has 0 amide bonds. The highest BCUT2D eigenvalue weighted by atomic mass is 16.5. The SMILES string of the molecule is COC(=O)c1cc2c(cc1C#N)nc(N)c1cncn12. The van der Waals surface area contributed by atoms with Crippen LogP contribution >= 0.6 is 0 Å². The minimum Gasteiger partial charge on any atom is -0.465 e. The van der Waals surface area contributed by atoms with Crippen molar-refractivity contribution in [1.82, 2.24) is 14.4 Å². The second-order valence-electron chi connectivity index (χ2n) is 4.14. The monoisotopic (exact) mass is 267 g/mol. The Morgan fingerprint density at radius 2 is 2.25 bits per heavy atom. The van der Waals surface area contributed by atoms with Crippen LogP contribution in [0.25, 0.3) is 16.6 Å². The standard InChI is InChI=1S/C13H9N5O2/c1-20-13(19)8-3-10-9(2-7(8)4-14)17-12(15)11-5-16-6-18(10)11/h2-3,5-6H,1H3,(H2,15,17). The maximum Gasteiger partial charge on any atom is 0.339 e. The molecule has 0 spiro atoms. The van der Waals surface area contributed by atoms with Crippen LogP contribution in [0.5, 0.6) is 0 Å². The van der Waals surface area contributed by atoms with E-state index in [9.17, 15) is 4.79 Å². The summed E-state index contributed by atoms with van der Waals surface area (Å²) in [5.74, 6) is -0.266. The molecule has 0 fully saturated rings. The summed E-state index contributed by atoms with van der Waals surface area (Å²) in [5, 5.41) is 9.13. The number of carbonyl (C=O) groups excluding carboxylic acids is 1. The zero-order chi connectivity index (χ0) is 14.3. The van der Waals surface area contributed by atoms with Gasteiger partial charge < -0.3 is 10.5 Å². The van der Waals surface area contributed by atoms with Crippen molar-refractivity contribution in [2.75, 3.05) is 12.8 Å². The summed E-state index contributed by atoms with van der Waals surface area (Å²) < 4.78 is 6.40. The van der Waals surface area contributed by atoms with Gasteiger partial charge in [0.25, 0.3) is 0 Å². The molecule has 0 atom stereocenters. The first kappa shape index (κ1) is 11.9. The van der Waals surface area contributed by atoms with Gasteiger partial charge in [0.05, 0.1) is 41.8 Å². The number of anilines is 1. The Hall–Kier alpha value is -3.14. The van der Waals surface area contributed by atoms with E-state index in [0.717, 1.165) is 0 Å². The molecule has 0 saturated carbocycles. The van der Waals surface area contributed by atoms with Gasteiger partial charge in [0, 0.05) is 0 Å². The molecule has 3 aromatic rings.